The lowest BCUT2D eigenvalue weighted by atomic mass is 9.85. The van der Waals surface area contributed by atoms with Crippen LogP contribution in [0, 0.1) is 11.6 Å². The highest BCUT2D eigenvalue weighted by Crippen LogP contribution is 2.36. The van der Waals surface area contributed by atoms with Crippen molar-refractivity contribution in [1.29, 1.82) is 0 Å². The molecule has 10 heteroatoms. The van der Waals surface area contributed by atoms with Crippen LogP contribution < -0.4 is 0 Å². The van der Waals surface area contributed by atoms with Gasteiger partial charge in [-0.05, 0) is 46.0 Å². The molecule has 2 aromatic rings. The number of aliphatic hydroxyl groups excluding tert-OH is 1. The average molecular weight is 458 g/mol. The normalized spacial score (nSPS) is 20.0. The van der Waals surface area contributed by atoms with E-state index in [1.54, 1.807) is 6.92 Å². The van der Waals surface area contributed by atoms with E-state index in [0.29, 0.717) is 6.54 Å². The molecule has 0 radical (unpaired) electrons. The van der Waals surface area contributed by atoms with Crippen LogP contribution in [0.5, 0.6) is 0 Å². The SMILES string of the molecule is CC(n1cncn1)C(O)(CN(C)C1CCN(CC(O)CCl)CC1)c1ccc(F)cc1F. The minimum atomic E-state index is -1.66. The molecule has 31 heavy (non-hydrogen) atoms. The molecule has 3 unspecified atom stereocenters. The van der Waals surface area contributed by atoms with E-state index in [1.807, 2.05) is 11.9 Å². The van der Waals surface area contributed by atoms with Gasteiger partial charge in [-0.15, -0.1) is 11.6 Å². The number of aromatic nitrogens is 3. The van der Waals surface area contributed by atoms with E-state index in [2.05, 4.69) is 15.0 Å². The third kappa shape index (κ3) is 5.59. The maximum Gasteiger partial charge on any atom is 0.137 e. The van der Waals surface area contributed by atoms with Gasteiger partial charge in [-0.2, -0.15) is 5.10 Å². The van der Waals surface area contributed by atoms with Gasteiger partial charge in [0.2, 0.25) is 0 Å². The van der Waals surface area contributed by atoms with Crippen molar-refractivity contribution >= 4 is 11.6 Å². The number of halogens is 3. The molecule has 0 amide bonds. The zero-order valence-electron chi connectivity index (χ0n) is 17.8. The van der Waals surface area contributed by atoms with E-state index >= 15 is 0 Å². The highest BCUT2D eigenvalue weighted by atomic mass is 35.5. The van der Waals surface area contributed by atoms with Crippen LogP contribution in [-0.2, 0) is 5.60 Å². The molecular weight excluding hydrogens is 428 g/mol. The summed E-state index contributed by atoms with van der Waals surface area (Å²) in [4.78, 5) is 8.12. The molecule has 1 saturated heterocycles. The largest absolute Gasteiger partial charge is 0.391 e. The number of β-amino-alcohol motifs (C(OH)–C–C–N with tert-alkyl or cyclic N) is 1. The molecule has 0 saturated carbocycles. The van der Waals surface area contributed by atoms with Gasteiger partial charge in [0.15, 0.2) is 0 Å². The molecule has 0 spiro atoms. The summed E-state index contributed by atoms with van der Waals surface area (Å²) < 4.78 is 29.7. The standard InChI is InChI=1S/C21H30ClF2N5O2/c1-15(29-14-25-13-26-29)21(31,19-4-3-16(23)9-20(19)24)12-27(2)17-5-7-28(8-6-17)11-18(30)10-22/h3-4,9,13-15,17-18,30-31H,5-8,10-12H2,1-2H3. The van der Waals surface area contributed by atoms with Gasteiger partial charge < -0.3 is 20.0 Å². The molecule has 3 atom stereocenters. The lowest BCUT2D eigenvalue weighted by Crippen LogP contribution is -2.51. The number of likely N-dealkylation sites (N-methyl/N-ethyl adjacent to an activating group) is 1. The van der Waals surface area contributed by atoms with Crippen LogP contribution in [0.25, 0.3) is 0 Å². The van der Waals surface area contributed by atoms with Crippen molar-refractivity contribution in [1.82, 2.24) is 24.6 Å². The summed E-state index contributed by atoms with van der Waals surface area (Å²) in [7, 11) is 1.90. The fourth-order valence-corrected chi connectivity index (χ4v) is 4.42. The summed E-state index contributed by atoms with van der Waals surface area (Å²) in [6.07, 6.45) is 3.95. The zero-order valence-corrected chi connectivity index (χ0v) is 18.6. The van der Waals surface area contributed by atoms with Gasteiger partial charge in [0.1, 0.15) is 29.9 Å². The average Bonchev–Trinajstić information content (AvgIpc) is 3.28. The topological polar surface area (TPSA) is 77.7 Å². The number of piperidine rings is 1. The molecule has 172 valence electrons. The van der Waals surface area contributed by atoms with Crippen molar-refractivity contribution in [3.8, 4) is 0 Å². The predicted molar refractivity (Wildman–Crippen MR) is 114 cm³/mol. The maximum absolute atomic E-state index is 14.7. The second kappa shape index (κ2) is 10.3. The number of benzene rings is 1. The van der Waals surface area contributed by atoms with Crippen LogP contribution in [-0.4, -0.2) is 86.0 Å². The smallest absolute Gasteiger partial charge is 0.137 e. The summed E-state index contributed by atoms with van der Waals surface area (Å²) in [5.74, 6) is -1.29. The molecule has 1 fully saturated rings. The number of likely N-dealkylation sites (tertiary alicyclic amines) is 1. The molecule has 7 nitrogen and oxygen atoms in total. The fourth-order valence-electron chi connectivity index (χ4n) is 4.32. The van der Waals surface area contributed by atoms with Crippen LogP contribution in [0.4, 0.5) is 8.78 Å². The Morgan fingerprint density at radius 2 is 2.03 bits per heavy atom. The van der Waals surface area contributed by atoms with Crippen LogP contribution in [0.1, 0.15) is 31.4 Å². The van der Waals surface area contributed by atoms with Gasteiger partial charge in [0.05, 0.1) is 12.1 Å². The Bertz CT molecular complexity index is 835. The Labute approximate surface area is 186 Å². The molecule has 2 N–H and O–H groups in total. The first kappa shape index (κ1) is 24.0. The quantitative estimate of drug-likeness (QED) is 0.561. The predicted octanol–water partition coefficient (Wildman–Crippen LogP) is 2.00. The summed E-state index contributed by atoms with van der Waals surface area (Å²) in [6, 6.07) is 2.76. The third-order valence-electron chi connectivity index (χ3n) is 6.24. The van der Waals surface area contributed by atoms with Crippen LogP contribution in [0.2, 0.25) is 0 Å². The fraction of sp³-hybridized carbons (Fsp3) is 0.619. The Morgan fingerprint density at radius 1 is 1.32 bits per heavy atom. The second-order valence-electron chi connectivity index (χ2n) is 8.35. The summed E-state index contributed by atoms with van der Waals surface area (Å²) in [6.45, 7) is 4.00. The van der Waals surface area contributed by atoms with E-state index in [4.69, 9.17) is 11.6 Å². The molecule has 2 heterocycles. The van der Waals surface area contributed by atoms with E-state index in [9.17, 15) is 19.0 Å². The van der Waals surface area contributed by atoms with Gasteiger partial charge in [0.25, 0.3) is 0 Å². The van der Waals surface area contributed by atoms with E-state index in [1.165, 1.54) is 23.4 Å². The summed E-state index contributed by atoms with van der Waals surface area (Å²) in [5.41, 5.74) is -1.64. The van der Waals surface area contributed by atoms with Gasteiger partial charge >= 0.3 is 0 Å². The minimum absolute atomic E-state index is 0.0198. The Hall–Kier alpha value is -1.65. The number of hydrogen-bond acceptors (Lipinski definition) is 6. The second-order valence-corrected chi connectivity index (χ2v) is 8.66. The van der Waals surface area contributed by atoms with Crippen molar-refractivity contribution in [3.63, 3.8) is 0 Å². The van der Waals surface area contributed by atoms with E-state index in [0.717, 1.165) is 38.1 Å². The number of alkyl halides is 1. The Morgan fingerprint density at radius 3 is 2.61 bits per heavy atom. The van der Waals surface area contributed by atoms with Crippen LogP contribution in [0.3, 0.4) is 0 Å². The monoisotopic (exact) mass is 457 g/mol. The number of hydrogen-bond donors (Lipinski definition) is 2. The highest BCUT2D eigenvalue weighted by molar-refractivity contribution is 6.18. The lowest BCUT2D eigenvalue weighted by Gasteiger charge is -2.42. The first-order valence-electron chi connectivity index (χ1n) is 10.4. The van der Waals surface area contributed by atoms with Crippen LogP contribution >= 0.6 is 11.6 Å². The Balaban J connectivity index is 1.78. The highest BCUT2D eigenvalue weighted by Gasteiger charge is 2.42. The molecule has 0 bridgehead atoms. The molecule has 1 aromatic carbocycles. The maximum atomic E-state index is 14.7. The zero-order chi connectivity index (χ0) is 22.6. The minimum Gasteiger partial charge on any atom is -0.391 e. The number of rotatable bonds is 9. The van der Waals surface area contributed by atoms with Gasteiger partial charge in [-0.1, -0.05) is 6.07 Å². The van der Waals surface area contributed by atoms with Crippen molar-refractivity contribution in [2.45, 2.75) is 43.6 Å². The van der Waals surface area contributed by atoms with Crippen LogP contribution in [0.15, 0.2) is 30.9 Å². The molecular formula is C21H30ClF2N5O2. The molecule has 1 aliphatic rings. The van der Waals surface area contributed by atoms with Crippen molar-refractivity contribution in [3.05, 3.63) is 48.1 Å². The molecule has 3 rings (SSSR count). The molecule has 1 aliphatic heterocycles. The first-order valence-corrected chi connectivity index (χ1v) is 11.0. The van der Waals surface area contributed by atoms with Crippen molar-refractivity contribution in [2.24, 2.45) is 0 Å². The van der Waals surface area contributed by atoms with Gasteiger partial charge in [0, 0.05) is 36.6 Å². The molecule has 0 aliphatic carbocycles. The number of nitrogens with zero attached hydrogens (tertiary/aromatic N) is 5. The lowest BCUT2D eigenvalue weighted by molar-refractivity contribution is -0.0548. The third-order valence-corrected chi connectivity index (χ3v) is 6.60. The van der Waals surface area contributed by atoms with Crippen molar-refractivity contribution < 1.29 is 19.0 Å². The van der Waals surface area contributed by atoms with Gasteiger partial charge in [-0.3, -0.25) is 0 Å². The van der Waals surface area contributed by atoms with Gasteiger partial charge in [-0.25, -0.2) is 18.4 Å². The van der Waals surface area contributed by atoms with E-state index in [-0.39, 0.29) is 24.0 Å². The summed E-state index contributed by atoms with van der Waals surface area (Å²) in [5, 5.41) is 25.6. The Kier molecular flexibility index (Phi) is 7.98. The first-order chi connectivity index (χ1) is 14.7. The van der Waals surface area contributed by atoms with E-state index < -0.39 is 29.4 Å². The molecule has 1 aromatic heterocycles. The van der Waals surface area contributed by atoms with Crippen molar-refractivity contribution in [2.75, 3.05) is 39.1 Å². The summed E-state index contributed by atoms with van der Waals surface area (Å²) >= 11 is 5.70. The number of aliphatic hydroxyl groups is 2.